The Bertz CT molecular complexity index is 700. The molecule has 4 nitrogen and oxygen atoms in total. The minimum absolute atomic E-state index is 0.170. The first-order chi connectivity index (χ1) is 10.1. The highest BCUT2D eigenvalue weighted by molar-refractivity contribution is 9.10. The summed E-state index contributed by atoms with van der Waals surface area (Å²) >= 11 is 3.33. The molecular formula is C16H12BrNO3. The van der Waals surface area contributed by atoms with Crippen molar-refractivity contribution in [2.45, 2.75) is 13.0 Å². The highest BCUT2D eigenvalue weighted by Gasteiger charge is 2.32. The molecule has 0 bridgehead atoms. The fourth-order valence-electron chi connectivity index (χ4n) is 2.20. The number of imide groups is 1. The summed E-state index contributed by atoms with van der Waals surface area (Å²) in [5.41, 5.74) is 2.13. The SMILES string of the molecule is O=C1Cc2ccc(Br)cc2C(=O)N1OCc1ccccc1. The third-order valence-corrected chi connectivity index (χ3v) is 3.75. The van der Waals surface area contributed by atoms with Gasteiger partial charge in [0.2, 0.25) is 0 Å². The van der Waals surface area contributed by atoms with Crippen LogP contribution in [0, 0.1) is 0 Å². The van der Waals surface area contributed by atoms with Crippen LogP contribution in [0.5, 0.6) is 0 Å². The molecule has 2 aromatic carbocycles. The van der Waals surface area contributed by atoms with Crippen LogP contribution in [0.15, 0.2) is 53.0 Å². The standard InChI is InChI=1S/C16H12BrNO3/c17-13-7-6-12-8-15(19)18(16(20)14(12)9-13)21-10-11-4-2-1-3-5-11/h1-7,9H,8,10H2. The number of carbonyl (C=O) groups excluding carboxylic acids is 2. The Kier molecular flexibility index (Phi) is 3.86. The van der Waals surface area contributed by atoms with E-state index in [1.54, 1.807) is 12.1 Å². The van der Waals surface area contributed by atoms with E-state index < -0.39 is 5.91 Å². The Hall–Kier alpha value is -1.98. The molecule has 0 fully saturated rings. The van der Waals surface area contributed by atoms with Gasteiger partial charge in [0, 0.05) is 10.0 Å². The van der Waals surface area contributed by atoms with Crippen molar-refractivity contribution in [1.82, 2.24) is 5.06 Å². The molecular weight excluding hydrogens is 334 g/mol. The van der Waals surface area contributed by atoms with Gasteiger partial charge < -0.3 is 0 Å². The Balaban J connectivity index is 1.80. The first kappa shape index (κ1) is 14.0. The number of nitrogens with zero attached hydrogens (tertiary/aromatic N) is 1. The van der Waals surface area contributed by atoms with Crippen LogP contribution in [-0.2, 0) is 22.7 Å². The summed E-state index contributed by atoms with van der Waals surface area (Å²) in [6.07, 6.45) is 0.170. The average molecular weight is 346 g/mol. The van der Waals surface area contributed by atoms with Crippen LogP contribution < -0.4 is 0 Å². The highest BCUT2D eigenvalue weighted by Crippen LogP contribution is 2.24. The van der Waals surface area contributed by atoms with Gasteiger partial charge in [-0.3, -0.25) is 14.4 Å². The quantitative estimate of drug-likeness (QED) is 0.803. The second-order valence-corrected chi connectivity index (χ2v) is 5.65. The molecule has 1 aliphatic heterocycles. The third kappa shape index (κ3) is 2.89. The van der Waals surface area contributed by atoms with Crippen LogP contribution in [0.1, 0.15) is 21.5 Å². The van der Waals surface area contributed by atoms with Crippen LogP contribution in [0.2, 0.25) is 0 Å². The van der Waals surface area contributed by atoms with E-state index in [2.05, 4.69) is 15.9 Å². The summed E-state index contributed by atoms with van der Waals surface area (Å²) in [7, 11) is 0. The van der Waals surface area contributed by atoms with Crippen molar-refractivity contribution in [3.05, 3.63) is 69.7 Å². The molecule has 0 aliphatic carbocycles. The second-order valence-electron chi connectivity index (χ2n) is 4.73. The summed E-state index contributed by atoms with van der Waals surface area (Å²) < 4.78 is 0.798. The van der Waals surface area contributed by atoms with Crippen LogP contribution in [0.3, 0.4) is 0 Å². The summed E-state index contributed by atoms with van der Waals surface area (Å²) in [6, 6.07) is 14.7. The van der Waals surface area contributed by atoms with E-state index >= 15 is 0 Å². The van der Waals surface area contributed by atoms with Crippen molar-refractivity contribution < 1.29 is 14.4 Å². The van der Waals surface area contributed by atoms with E-state index in [0.29, 0.717) is 5.56 Å². The largest absolute Gasteiger partial charge is 0.285 e. The van der Waals surface area contributed by atoms with Crippen molar-refractivity contribution in [3.63, 3.8) is 0 Å². The molecule has 1 aliphatic rings. The number of hydrogen-bond acceptors (Lipinski definition) is 3. The summed E-state index contributed by atoms with van der Waals surface area (Å²) in [5.74, 6) is -0.760. The number of amides is 2. The number of hydrogen-bond donors (Lipinski definition) is 0. The van der Waals surface area contributed by atoms with E-state index in [-0.39, 0.29) is 18.9 Å². The van der Waals surface area contributed by atoms with Gasteiger partial charge in [0.15, 0.2) is 0 Å². The molecule has 21 heavy (non-hydrogen) atoms. The van der Waals surface area contributed by atoms with E-state index in [4.69, 9.17) is 4.84 Å². The fraction of sp³-hybridized carbons (Fsp3) is 0.125. The van der Waals surface area contributed by atoms with Crippen molar-refractivity contribution in [2.75, 3.05) is 0 Å². The van der Waals surface area contributed by atoms with Crippen LogP contribution in [-0.4, -0.2) is 16.9 Å². The summed E-state index contributed by atoms with van der Waals surface area (Å²) in [6.45, 7) is 0.182. The number of carbonyl (C=O) groups is 2. The number of hydroxylamine groups is 2. The molecule has 0 unspecified atom stereocenters. The lowest BCUT2D eigenvalue weighted by atomic mass is 10.00. The highest BCUT2D eigenvalue weighted by atomic mass is 79.9. The molecule has 5 heteroatoms. The number of fused-ring (bicyclic) bond motifs is 1. The minimum atomic E-state index is -0.418. The lowest BCUT2D eigenvalue weighted by molar-refractivity contribution is -0.174. The first-order valence-corrected chi connectivity index (χ1v) is 7.27. The Morgan fingerprint density at radius 2 is 1.86 bits per heavy atom. The maximum Gasteiger partial charge on any atom is 0.285 e. The smallest absolute Gasteiger partial charge is 0.272 e. The zero-order valence-corrected chi connectivity index (χ0v) is 12.7. The normalized spacial score (nSPS) is 14.2. The summed E-state index contributed by atoms with van der Waals surface area (Å²) in [4.78, 5) is 29.8. The molecule has 3 rings (SSSR count). The molecule has 0 radical (unpaired) electrons. The van der Waals surface area contributed by atoms with Crippen LogP contribution >= 0.6 is 15.9 Å². The molecule has 0 spiro atoms. The van der Waals surface area contributed by atoms with Crippen LogP contribution in [0.25, 0.3) is 0 Å². The average Bonchev–Trinajstić information content (AvgIpc) is 2.49. The van der Waals surface area contributed by atoms with Crippen molar-refractivity contribution in [1.29, 1.82) is 0 Å². The van der Waals surface area contributed by atoms with Gasteiger partial charge in [0.1, 0.15) is 6.61 Å². The van der Waals surface area contributed by atoms with Crippen molar-refractivity contribution in [3.8, 4) is 0 Å². The molecule has 106 valence electrons. The number of benzene rings is 2. The lowest BCUT2D eigenvalue weighted by Crippen LogP contribution is -2.42. The van der Waals surface area contributed by atoms with Gasteiger partial charge in [0.05, 0.1) is 6.42 Å². The lowest BCUT2D eigenvalue weighted by Gasteiger charge is -2.25. The molecule has 0 N–H and O–H groups in total. The predicted molar refractivity (Wildman–Crippen MR) is 80.3 cm³/mol. The minimum Gasteiger partial charge on any atom is -0.272 e. The zero-order valence-electron chi connectivity index (χ0n) is 11.1. The van der Waals surface area contributed by atoms with Gasteiger partial charge in [-0.05, 0) is 23.3 Å². The number of rotatable bonds is 3. The topological polar surface area (TPSA) is 46.6 Å². The van der Waals surface area contributed by atoms with Crippen molar-refractivity contribution in [2.24, 2.45) is 0 Å². The molecule has 2 amide bonds. The third-order valence-electron chi connectivity index (χ3n) is 3.26. The van der Waals surface area contributed by atoms with Crippen LogP contribution in [0.4, 0.5) is 0 Å². The van der Waals surface area contributed by atoms with Gasteiger partial charge >= 0.3 is 0 Å². The molecule has 2 aromatic rings. The number of halogens is 1. The fourth-order valence-corrected chi connectivity index (χ4v) is 2.56. The Labute approximate surface area is 130 Å². The predicted octanol–water partition coefficient (Wildman–Crippen LogP) is 3.11. The molecule has 0 saturated carbocycles. The first-order valence-electron chi connectivity index (χ1n) is 6.48. The van der Waals surface area contributed by atoms with Gasteiger partial charge in [-0.15, -0.1) is 5.06 Å². The molecule has 0 saturated heterocycles. The maximum absolute atomic E-state index is 12.4. The van der Waals surface area contributed by atoms with E-state index in [1.165, 1.54) is 0 Å². The van der Waals surface area contributed by atoms with E-state index in [9.17, 15) is 9.59 Å². The van der Waals surface area contributed by atoms with Gasteiger partial charge in [-0.2, -0.15) is 0 Å². The molecule has 1 heterocycles. The van der Waals surface area contributed by atoms with E-state index in [0.717, 1.165) is 20.7 Å². The zero-order chi connectivity index (χ0) is 14.8. The van der Waals surface area contributed by atoms with Gasteiger partial charge in [-0.1, -0.05) is 52.3 Å². The Morgan fingerprint density at radius 3 is 2.62 bits per heavy atom. The monoisotopic (exact) mass is 345 g/mol. The van der Waals surface area contributed by atoms with E-state index in [1.807, 2.05) is 36.4 Å². The molecule has 0 aromatic heterocycles. The second kappa shape index (κ2) is 5.79. The van der Waals surface area contributed by atoms with Gasteiger partial charge in [0.25, 0.3) is 11.8 Å². The van der Waals surface area contributed by atoms with Crippen molar-refractivity contribution >= 4 is 27.7 Å². The Morgan fingerprint density at radius 1 is 1.10 bits per heavy atom. The van der Waals surface area contributed by atoms with Gasteiger partial charge in [-0.25, -0.2) is 0 Å². The molecule has 0 atom stereocenters. The maximum atomic E-state index is 12.4. The summed E-state index contributed by atoms with van der Waals surface area (Å²) in [5, 5.41) is 0.863.